The minimum Gasteiger partial charge on any atom is -0.466 e. The van der Waals surface area contributed by atoms with E-state index in [-0.39, 0.29) is 5.97 Å². The average Bonchev–Trinajstić information content (AvgIpc) is 2.44. The van der Waals surface area contributed by atoms with Gasteiger partial charge in [-0.3, -0.25) is 4.79 Å². The van der Waals surface area contributed by atoms with Crippen molar-refractivity contribution in [3.05, 3.63) is 35.9 Å². The first kappa shape index (κ1) is 15.7. The molecule has 0 aliphatic heterocycles. The highest BCUT2D eigenvalue weighted by Gasteiger charge is 2.02. The van der Waals surface area contributed by atoms with Crippen LogP contribution in [0.4, 0.5) is 0 Å². The van der Waals surface area contributed by atoms with Gasteiger partial charge < -0.3 is 4.74 Å². The molecular formula is C17H26O2. The second-order valence-electron chi connectivity index (χ2n) is 4.97. The van der Waals surface area contributed by atoms with E-state index in [9.17, 15) is 4.79 Å². The molecule has 1 aromatic carbocycles. The predicted octanol–water partition coefficient (Wildman–Crippen LogP) is 4.52. The summed E-state index contributed by atoms with van der Waals surface area (Å²) in [6, 6.07) is 10.4. The Morgan fingerprint density at radius 3 is 2.53 bits per heavy atom. The lowest BCUT2D eigenvalue weighted by atomic mass is 10.1. The number of ether oxygens (including phenoxy) is 1. The molecule has 2 nitrogen and oxygen atoms in total. The molecular weight excluding hydrogens is 236 g/mol. The quantitative estimate of drug-likeness (QED) is 0.457. The van der Waals surface area contributed by atoms with E-state index in [1.807, 2.05) is 6.07 Å². The van der Waals surface area contributed by atoms with Gasteiger partial charge in [-0.2, -0.15) is 0 Å². The van der Waals surface area contributed by atoms with Crippen molar-refractivity contribution in [3.63, 3.8) is 0 Å². The molecule has 1 rings (SSSR count). The molecule has 0 aliphatic rings. The molecule has 2 heteroatoms. The zero-order chi connectivity index (χ0) is 13.8. The van der Waals surface area contributed by atoms with Gasteiger partial charge in [0.15, 0.2) is 0 Å². The largest absolute Gasteiger partial charge is 0.466 e. The van der Waals surface area contributed by atoms with E-state index in [0.29, 0.717) is 13.0 Å². The van der Waals surface area contributed by atoms with Crippen LogP contribution in [-0.2, 0) is 16.0 Å². The lowest BCUT2D eigenvalue weighted by molar-refractivity contribution is -0.143. The number of rotatable bonds is 10. The third-order valence-corrected chi connectivity index (χ3v) is 3.20. The van der Waals surface area contributed by atoms with Gasteiger partial charge in [0.1, 0.15) is 0 Å². The van der Waals surface area contributed by atoms with Crippen LogP contribution in [-0.4, -0.2) is 12.6 Å². The van der Waals surface area contributed by atoms with Crippen LogP contribution in [0, 0.1) is 0 Å². The summed E-state index contributed by atoms with van der Waals surface area (Å²) in [5.74, 6) is -0.0317. The zero-order valence-electron chi connectivity index (χ0n) is 12.1. The lowest BCUT2D eigenvalue weighted by Crippen LogP contribution is -2.05. The Balaban J connectivity index is 1.94. The van der Waals surface area contributed by atoms with Gasteiger partial charge in [0.25, 0.3) is 0 Å². The summed E-state index contributed by atoms with van der Waals surface area (Å²) in [6.07, 6.45) is 8.20. The Bertz CT molecular complexity index is 332. The molecule has 0 aromatic heterocycles. The molecule has 0 N–H and O–H groups in total. The van der Waals surface area contributed by atoms with Crippen LogP contribution in [0.25, 0.3) is 0 Å². The molecule has 0 radical (unpaired) electrons. The molecule has 0 spiro atoms. The smallest absolute Gasteiger partial charge is 0.305 e. The van der Waals surface area contributed by atoms with E-state index in [2.05, 4.69) is 31.2 Å². The van der Waals surface area contributed by atoms with Crippen LogP contribution in [0.3, 0.4) is 0 Å². The molecule has 0 saturated heterocycles. The standard InChI is InChI=1S/C17H26O2/c1-2-3-4-8-14-17(18)19-15-10-9-13-16-11-6-5-7-12-16/h5-7,11-12H,2-4,8-10,13-15H2,1H3. The summed E-state index contributed by atoms with van der Waals surface area (Å²) < 4.78 is 5.22. The van der Waals surface area contributed by atoms with Gasteiger partial charge in [-0.05, 0) is 31.2 Å². The highest BCUT2D eigenvalue weighted by atomic mass is 16.5. The average molecular weight is 262 g/mol. The van der Waals surface area contributed by atoms with Crippen LogP contribution in [0.1, 0.15) is 57.4 Å². The Hall–Kier alpha value is -1.31. The SMILES string of the molecule is CCCCCCC(=O)OCCCCc1ccccc1. The van der Waals surface area contributed by atoms with Crippen molar-refractivity contribution in [2.24, 2.45) is 0 Å². The maximum Gasteiger partial charge on any atom is 0.305 e. The molecule has 0 aliphatic carbocycles. The van der Waals surface area contributed by atoms with Crippen molar-refractivity contribution in [1.29, 1.82) is 0 Å². The van der Waals surface area contributed by atoms with Crippen molar-refractivity contribution < 1.29 is 9.53 Å². The number of aryl methyl sites for hydroxylation is 1. The van der Waals surface area contributed by atoms with E-state index in [0.717, 1.165) is 32.1 Å². The van der Waals surface area contributed by atoms with E-state index in [1.54, 1.807) is 0 Å². The number of benzene rings is 1. The summed E-state index contributed by atoms with van der Waals surface area (Å²) in [7, 11) is 0. The van der Waals surface area contributed by atoms with Crippen LogP contribution in [0.15, 0.2) is 30.3 Å². The summed E-state index contributed by atoms with van der Waals surface area (Å²) in [6.45, 7) is 2.74. The first-order valence-corrected chi connectivity index (χ1v) is 7.52. The number of hydrogen-bond donors (Lipinski definition) is 0. The molecule has 0 unspecified atom stereocenters. The van der Waals surface area contributed by atoms with Gasteiger partial charge in [0.2, 0.25) is 0 Å². The number of hydrogen-bond acceptors (Lipinski definition) is 2. The maximum absolute atomic E-state index is 11.4. The highest BCUT2D eigenvalue weighted by Crippen LogP contribution is 2.06. The molecule has 0 fully saturated rings. The summed E-state index contributed by atoms with van der Waals surface area (Å²) >= 11 is 0. The Kier molecular flexibility index (Phi) is 8.78. The van der Waals surface area contributed by atoms with Gasteiger partial charge in [0.05, 0.1) is 6.61 Å². The Morgan fingerprint density at radius 1 is 1.00 bits per heavy atom. The molecule has 106 valence electrons. The van der Waals surface area contributed by atoms with Gasteiger partial charge in [-0.15, -0.1) is 0 Å². The van der Waals surface area contributed by atoms with Crippen molar-refractivity contribution in [2.75, 3.05) is 6.61 Å². The van der Waals surface area contributed by atoms with E-state index >= 15 is 0 Å². The highest BCUT2D eigenvalue weighted by molar-refractivity contribution is 5.69. The van der Waals surface area contributed by atoms with Crippen molar-refractivity contribution in [1.82, 2.24) is 0 Å². The monoisotopic (exact) mass is 262 g/mol. The van der Waals surface area contributed by atoms with Crippen molar-refractivity contribution in [2.45, 2.75) is 58.3 Å². The van der Waals surface area contributed by atoms with Crippen LogP contribution >= 0.6 is 0 Å². The molecule has 0 heterocycles. The second kappa shape index (κ2) is 10.6. The van der Waals surface area contributed by atoms with Gasteiger partial charge in [-0.25, -0.2) is 0 Å². The predicted molar refractivity (Wildman–Crippen MR) is 79.1 cm³/mol. The number of unbranched alkanes of at least 4 members (excludes halogenated alkanes) is 4. The minimum absolute atomic E-state index is 0.0317. The topological polar surface area (TPSA) is 26.3 Å². The molecule has 0 saturated carbocycles. The maximum atomic E-state index is 11.4. The van der Waals surface area contributed by atoms with Gasteiger partial charge in [0, 0.05) is 6.42 Å². The zero-order valence-corrected chi connectivity index (χ0v) is 12.1. The van der Waals surface area contributed by atoms with Gasteiger partial charge in [-0.1, -0.05) is 56.5 Å². The first-order chi connectivity index (χ1) is 9.33. The fraction of sp³-hybridized carbons (Fsp3) is 0.588. The fourth-order valence-electron chi connectivity index (χ4n) is 2.03. The van der Waals surface area contributed by atoms with E-state index < -0.39 is 0 Å². The number of esters is 1. The van der Waals surface area contributed by atoms with Gasteiger partial charge >= 0.3 is 5.97 Å². The molecule has 0 bridgehead atoms. The first-order valence-electron chi connectivity index (χ1n) is 7.52. The summed E-state index contributed by atoms with van der Waals surface area (Å²) in [5, 5.41) is 0. The number of carbonyl (C=O) groups excluding carboxylic acids is 1. The fourth-order valence-corrected chi connectivity index (χ4v) is 2.03. The van der Waals surface area contributed by atoms with Crippen LogP contribution in [0.2, 0.25) is 0 Å². The third-order valence-electron chi connectivity index (χ3n) is 3.20. The van der Waals surface area contributed by atoms with Crippen LogP contribution in [0.5, 0.6) is 0 Å². The molecule has 0 amide bonds. The summed E-state index contributed by atoms with van der Waals surface area (Å²) in [5.41, 5.74) is 1.35. The summed E-state index contributed by atoms with van der Waals surface area (Å²) in [4.78, 5) is 11.4. The normalized spacial score (nSPS) is 10.4. The van der Waals surface area contributed by atoms with Crippen molar-refractivity contribution in [3.8, 4) is 0 Å². The van der Waals surface area contributed by atoms with E-state index in [1.165, 1.54) is 18.4 Å². The molecule has 0 atom stereocenters. The molecule has 19 heavy (non-hydrogen) atoms. The minimum atomic E-state index is -0.0317. The Morgan fingerprint density at radius 2 is 1.79 bits per heavy atom. The lowest BCUT2D eigenvalue weighted by Gasteiger charge is -2.05. The number of carbonyl (C=O) groups is 1. The van der Waals surface area contributed by atoms with Crippen molar-refractivity contribution >= 4 is 5.97 Å². The molecule has 1 aromatic rings. The second-order valence-corrected chi connectivity index (χ2v) is 4.97. The third kappa shape index (κ3) is 8.41. The van der Waals surface area contributed by atoms with Crippen LogP contribution < -0.4 is 0 Å². The van der Waals surface area contributed by atoms with E-state index in [4.69, 9.17) is 4.74 Å². The Labute approximate surface area is 117 Å².